The summed E-state index contributed by atoms with van der Waals surface area (Å²) in [5.41, 5.74) is 0.517. The van der Waals surface area contributed by atoms with Crippen LogP contribution in [0.3, 0.4) is 0 Å². The minimum absolute atomic E-state index is 0.0564. The number of phenols is 1. The van der Waals surface area contributed by atoms with Crippen LogP contribution in [0.1, 0.15) is 45.2 Å². The number of aliphatic hydroxyl groups excluding tert-OH is 2. The van der Waals surface area contributed by atoms with Crippen molar-refractivity contribution in [1.82, 2.24) is 9.62 Å². The highest BCUT2D eigenvalue weighted by Crippen LogP contribution is 2.39. The van der Waals surface area contributed by atoms with Gasteiger partial charge in [0.15, 0.2) is 6.10 Å². The third-order valence-corrected chi connectivity index (χ3v) is 5.95. The molecule has 0 spiro atoms. The molecule has 0 aromatic heterocycles. The second kappa shape index (κ2) is 9.63. The van der Waals surface area contributed by atoms with Crippen LogP contribution in [-0.2, 0) is 4.79 Å². The quantitative estimate of drug-likeness (QED) is 0.514. The summed E-state index contributed by atoms with van der Waals surface area (Å²) >= 11 is 7.46. The van der Waals surface area contributed by atoms with Gasteiger partial charge in [-0.2, -0.15) is 0 Å². The van der Waals surface area contributed by atoms with Crippen molar-refractivity contribution >= 4 is 29.5 Å². The van der Waals surface area contributed by atoms with Crippen molar-refractivity contribution in [3.63, 3.8) is 0 Å². The van der Waals surface area contributed by atoms with Crippen molar-refractivity contribution in [2.75, 3.05) is 19.7 Å². The van der Waals surface area contributed by atoms with Gasteiger partial charge in [-0.25, -0.2) is 4.39 Å². The predicted octanol–water partition coefficient (Wildman–Crippen LogP) is 2.85. The van der Waals surface area contributed by atoms with E-state index in [1.165, 1.54) is 22.9 Å². The second-order valence-electron chi connectivity index (χ2n) is 8.00. The Labute approximate surface area is 174 Å². The Balaban J connectivity index is 2.19. The number of rotatable bonds is 6. The Morgan fingerprint density at radius 1 is 1.39 bits per heavy atom. The third-order valence-electron chi connectivity index (χ3n) is 4.68. The number of piperidine rings is 1. The maximum Gasteiger partial charge on any atom is 0.253 e. The predicted molar refractivity (Wildman–Crippen MR) is 109 cm³/mol. The molecule has 4 N–H and O–H groups in total. The summed E-state index contributed by atoms with van der Waals surface area (Å²) < 4.78 is 17.0. The fourth-order valence-electron chi connectivity index (χ4n) is 3.20. The first-order chi connectivity index (χ1) is 13.0. The molecule has 6 nitrogen and oxygen atoms in total. The number of benzene rings is 1. The van der Waals surface area contributed by atoms with Gasteiger partial charge in [-0.05, 0) is 45.6 Å². The van der Waals surface area contributed by atoms with Gasteiger partial charge in [0.2, 0.25) is 0 Å². The van der Waals surface area contributed by atoms with Crippen LogP contribution >= 0.6 is 23.5 Å². The maximum absolute atomic E-state index is 13.7. The highest BCUT2D eigenvalue weighted by atomic mass is 35.5. The molecule has 9 heteroatoms. The monoisotopic (exact) mass is 434 g/mol. The molecule has 2 atom stereocenters. The number of phenolic OH excluding ortho intramolecular Hbond substituents is 1. The zero-order valence-corrected chi connectivity index (χ0v) is 17.9. The summed E-state index contributed by atoms with van der Waals surface area (Å²) in [6, 6.07) is 2.17. The normalized spacial score (nSPS) is 18.2. The molecular weight excluding hydrogens is 407 g/mol. The minimum atomic E-state index is -1.40. The standard InChI is InChI=1S/C19H28ClFN2O4S/c1-19(2,3)28-22-17(12-8-13(20)14(21)9-15(12)25)11-4-6-23(7-5-11)18(27)16(26)10-24/h8-9,11,16-17,22,24-26H,4-7,10H2,1-3H3. The van der Waals surface area contributed by atoms with E-state index in [4.69, 9.17) is 16.7 Å². The average molecular weight is 435 g/mol. The van der Waals surface area contributed by atoms with Crippen molar-refractivity contribution in [1.29, 1.82) is 0 Å². The molecule has 0 radical (unpaired) electrons. The first-order valence-electron chi connectivity index (χ1n) is 9.22. The fraction of sp³-hybridized carbons (Fsp3) is 0.632. The molecule has 0 aliphatic carbocycles. The molecule has 2 rings (SSSR count). The van der Waals surface area contributed by atoms with E-state index in [0.717, 1.165) is 6.07 Å². The molecule has 2 unspecified atom stereocenters. The Morgan fingerprint density at radius 2 is 2.00 bits per heavy atom. The summed E-state index contributed by atoms with van der Waals surface area (Å²) in [6.07, 6.45) is -0.150. The smallest absolute Gasteiger partial charge is 0.253 e. The maximum atomic E-state index is 13.7. The van der Waals surface area contributed by atoms with E-state index in [0.29, 0.717) is 31.5 Å². The molecule has 1 aliphatic rings. The first kappa shape index (κ1) is 23.2. The van der Waals surface area contributed by atoms with Crippen LogP contribution in [0.25, 0.3) is 0 Å². The Hall–Kier alpha value is -1.06. The molecule has 1 fully saturated rings. The third kappa shape index (κ3) is 5.97. The molecule has 158 valence electrons. The van der Waals surface area contributed by atoms with Crippen LogP contribution in [0.2, 0.25) is 5.02 Å². The van der Waals surface area contributed by atoms with Gasteiger partial charge in [0.25, 0.3) is 5.91 Å². The zero-order chi connectivity index (χ0) is 21.1. The lowest BCUT2D eigenvalue weighted by molar-refractivity contribution is -0.143. The van der Waals surface area contributed by atoms with Gasteiger partial charge in [0.1, 0.15) is 11.6 Å². The van der Waals surface area contributed by atoms with Crippen molar-refractivity contribution in [2.45, 2.75) is 50.5 Å². The number of amides is 1. The van der Waals surface area contributed by atoms with Crippen LogP contribution in [0.5, 0.6) is 5.75 Å². The highest BCUT2D eigenvalue weighted by molar-refractivity contribution is 7.98. The van der Waals surface area contributed by atoms with Gasteiger partial charge in [0, 0.05) is 35.5 Å². The van der Waals surface area contributed by atoms with Gasteiger partial charge >= 0.3 is 0 Å². The van der Waals surface area contributed by atoms with E-state index in [1.807, 2.05) is 0 Å². The molecule has 1 amide bonds. The summed E-state index contributed by atoms with van der Waals surface area (Å²) in [5, 5.41) is 28.8. The van der Waals surface area contributed by atoms with Gasteiger partial charge in [0.05, 0.1) is 11.6 Å². The number of hydrogen-bond acceptors (Lipinski definition) is 6. The SMILES string of the molecule is CC(C)(C)SNC(c1cc(Cl)c(F)cc1O)C1CCN(C(=O)C(O)CO)CC1. The summed E-state index contributed by atoms with van der Waals surface area (Å²) in [4.78, 5) is 13.6. The van der Waals surface area contributed by atoms with Crippen molar-refractivity contribution in [3.05, 3.63) is 28.5 Å². The minimum Gasteiger partial charge on any atom is -0.507 e. The van der Waals surface area contributed by atoms with Gasteiger partial charge in [-0.3, -0.25) is 9.52 Å². The van der Waals surface area contributed by atoms with Crippen molar-refractivity contribution in [2.24, 2.45) is 5.92 Å². The number of nitrogens with zero attached hydrogens (tertiary/aromatic N) is 1. The number of carbonyl (C=O) groups excluding carboxylic acids is 1. The van der Waals surface area contributed by atoms with Crippen LogP contribution in [-0.4, -0.2) is 56.7 Å². The Kier molecular flexibility index (Phi) is 7.98. The number of likely N-dealkylation sites (tertiary alicyclic amines) is 1. The van der Waals surface area contributed by atoms with E-state index in [2.05, 4.69) is 25.5 Å². The lowest BCUT2D eigenvalue weighted by atomic mass is 9.85. The summed E-state index contributed by atoms with van der Waals surface area (Å²) in [5.74, 6) is -1.26. The van der Waals surface area contributed by atoms with Crippen LogP contribution in [0.4, 0.5) is 4.39 Å². The van der Waals surface area contributed by atoms with Crippen LogP contribution in [0, 0.1) is 11.7 Å². The molecular formula is C19H28ClFN2O4S. The van der Waals surface area contributed by atoms with Gasteiger partial charge < -0.3 is 20.2 Å². The Bertz CT molecular complexity index is 693. The molecule has 1 aromatic carbocycles. The van der Waals surface area contributed by atoms with Crippen molar-refractivity contribution in [3.8, 4) is 5.75 Å². The number of aromatic hydroxyl groups is 1. The number of nitrogens with one attached hydrogen (secondary N) is 1. The average Bonchev–Trinajstić information content (AvgIpc) is 2.64. The number of aliphatic hydroxyl groups is 2. The van der Waals surface area contributed by atoms with E-state index in [-0.39, 0.29) is 27.5 Å². The van der Waals surface area contributed by atoms with Gasteiger partial charge in [-0.15, -0.1) is 0 Å². The lowest BCUT2D eigenvalue weighted by Gasteiger charge is -2.38. The van der Waals surface area contributed by atoms with E-state index in [1.54, 1.807) is 0 Å². The molecule has 0 saturated carbocycles. The molecule has 28 heavy (non-hydrogen) atoms. The number of hydrogen-bond donors (Lipinski definition) is 4. The van der Waals surface area contributed by atoms with Crippen LogP contribution in [0.15, 0.2) is 12.1 Å². The molecule has 0 bridgehead atoms. The summed E-state index contributed by atoms with van der Waals surface area (Å²) in [7, 11) is 0. The fourth-order valence-corrected chi connectivity index (χ4v) is 4.17. The zero-order valence-electron chi connectivity index (χ0n) is 16.3. The molecule has 1 saturated heterocycles. The van der Waals surface area contributed by atoms with E-state index in [9.17, 15) is 19.4 Å². The first-order valence-corrected chi connectivity index (χ1v) is 10.4. The topological polar surface area (TPSA) is 93.0 Å². The Morgan fingerprint density at radius 3 is 2.54 bits per heavy atom. The van der Waals surface area contributed by atoms with Crippen LogP contribution < -0.4 is 4.72 Å². The number of halogens is 2. The molecule has 1 heterocycles. The molecule has 1 aromatic rings. The largest absolute Gasteiger partial charge is 0.507 e. The van der Waals surface area contributed by atoms with Gasteiger partial charge in [-0.1, -0.05) is 23.5 Å². The lowest BCUT2D eigenvalue weighted by Crippen LogP contribution is -2.46. The van der Waals surface area contributed by atoms with E-state index < -0.39 is 24.4 Å². The number of carbonyl (C=O) groups is 1. The molecule has 1 aliphatic heterocycles. The summed E-state index contributed by atoms with van der Waals surface area (Å²) in [6.45, 7) is 6.40. The van der Waals surface area contributed by atoms with E-state index >= 15 is 0 Å². The van der Waals surface area contributed by atoms with Crippen molar-refractivity contribution < 1.29 is 24.5 Å². The highest BCUT2D eigenvalue weighted by Gasteiger charge is 2.33. The second-order valence-corrected chi connectivity index (χ2v) is 10.1.